The van der Waals surface area contributed by atoms with Crippen molar-refractivity contribution >= 4 is 11.7 Å². The highest BCUT2D eigenvalue weighted by Crippen LogP contribution is 2.27. The van der Waals surface area contributed by atoms with E-state index in [2.05, 4.69) is 12.1 Å². The standard InChI is InChI=1S/C22H33NO3/c1-5-22(2,3)20(24)21(25)23-16-8-11-18(23)10-7-6-9-17-12-14-19(26-4)15-13-17/h12-15,18H,5-11,16H2,1-4H3. The number of amides is 1. The molecule has 26 heavy (non-hydrogen) atoms. The summed E-state index contributed by atoms with van der Waals surface area (Å²) in [6.45, 7) is 6.43. The molecule has 2 rings (SSSR count). The number of carbonyl (C=O) groups excluding carboxylic acids is 2. The predicted molar refractivity (Wildman–Crippen MR) is 104 cm³/mol. The van der Waals surface area contributed by atoms with Crippen molar-refractivity contribution in [1.29, 1.82) is 0 Å². The Bertz CT molecular complexity index is 606. The molecule has 4 nitrogen and oxygen atoms in total. The van der Waals surface area contributed by atoms with Gasteiger partial charge in [-0.05, 0) is 56.2 Å². The number of methoxy groups -OCH3 is 1. The third-order valence-corrected chi connectivity index (χ3v) is 5.74. The first kappa shape index (κ1) is 20.5. The van der Waals surface area contributed by atoms with Crippen LogP contribution in [0.25, 0.3) is 0 Å². The number of benzene rings is 1. The summed E-state index contributed by atoms with van der Waals surface area (Å²) in [6.07, 6.45) is 6.92. The molecule has 0 radical (unpaired) electrons. The van der Waals surface area contributed by atoms with Crippen LogP contribution < -0.4 is 4.74 Å². The van der Waals surface area contributed by atoms with Crippen LogP contribution in [0.3, 0.4) is 0 Å². The summed E-state index contributed by atoms with van der Waals surface area (Å²) < 4.78 is 5.18. The molecule has 0 aliphatic carbocycles. The fourth-order valence-corrected chi connectivity index (χ4v) is 3.48. The highest BCUT2D eigenvalue weighted by Gasteiger charge is 2.38. The summed E-state index contributed by atoms with van der Waals surface area (Å²) in [5.41, 5.74) is 0.753. The molecule has 1 heterocycles. The molecule has 0 aromatic heterocycles. The summed E-state index contributed by atoms with van der Waals surface area (Å²) in [6, 6.07) is 8.43. The first-order chi connectivity index (χ1) is 12.4. The van der Waals surface area contributed by atoms with Gasteiger partial charge in [0.15, 0.2) is 0 Å². The first-order valence-electron chi connectivity index (χ1n) is 9.87. The largest absolute Gasteiger partial charge is 0.497 e. The van der Waals surface area contributed by atoms with Gasteiger partial charge in [-0.1, -0.05) is 39.3 Å². The lowest BCUT2D eigenvalue weighted by atomic mass is 9.84. The molecule has 1 aliphatic heterocycles. The van der Waals surface area contributed by atoms with E-state index in [0.29, 0.717) is 6.42 Å². The van der Waals surface area contributed by atoms with Crippen LogP contribution in [0.4, 0.5) is 0 Å². The lowest BCUT2D eigenvalue weighted by Gasteiger charge is -2.28. The Kier molecular flexibility index (Phi) is 7.24. The fourth-order valence-electron chi connectivity index (χ4n) is 3.48. The zero-order valence-corrected chi connectivity index (χ0v) is 16.7. The van der Waals surface area contributed by atoms with Crippen molar-refractivity contribution in [3.8, 4) is 5.75 Å². The molecule has 1 unspecified atom stereocenters. The molecule has 1 amide bonds. The number of carbonyl (C=O) groups is 2. The third kappa shape index (κ3) is 5.09. The highest BCUT2D eigenvalue weighted by atomic mass is 16.5. The van der Waals surface area contributed by atoms with Gasteiger partial charge < -0.3 is 9.64 Å². The van der Waals surface area contributed by atoms with E-state index < -0.39 is 5.41 Å². The van der Waals surface area contributed by atoms with Crippen molar-refractivity contribution in [2.45, 2.75) is 71.8 Å². The maximum atomic E-state index is 12.6. The van der Waals surface area contributed by atoms with E-state index in [9.17, 15) is 9.59 Å². The number of rotatable bonds is 9. The summed E-state index contributed by atoms with van der Waals surface area (Å²) in [7, 11) is 1.68. The van der Waals surface area contributed by atoms with Crippen molar-refractivity contribution in [3.05, 3.63) is 29.8 Å². The van der Waals surface area contributed by atoms with Crippen molar-refractivity contribution in [3.63, 3.8) is 0 Å². The third-order valence-electron chi connectivity index (χ3n) is 5.74. The zero-order valence-electron chi connectivity index (χ0n) is 16.7. The van der Waals surface area contributed by atoms with Gasteiger partial charge in [0.05, 0.1) is 7.11 Å². The molecular formula is C22H33NO3. The van der Waals surface area contributed by atoms with E-state index in [1.165, 1.54) is 5.56 Å². The zero-order chi connectivity index (χ0) is 19.2. The van der Waals surface area contributed by atoms with Crippen molar-refractivity contribution < 1.29 is 14.3 Å². The minimum Gasteiger partial charge on any atom is -0.497 e. The number of hydrogen-bond acceptors (Lipinski definition) is 3. The highest BCUT2D eigenvalue weighted by molar-refractivity contribution is 6.38. The van der Waals surface area contributed by atoms with Crippen molar-refractivity contribution in [2.75, 3.05) is 13.7 Å². The van der Waals surface area contributed by atoms with E-state index in [1.807, 2.05) is 37.8 Å². The molecule has 1 aromatic carbocycles. The SMILES string of the molecule is CCC(C)(C)C(=O)C(=O)N1CCCC1CCCCc1ccc(OC)cc1. The number of likely N-dealkylation sites (tertiary alicyclic amines) is 1. The molecule has 0 N–H and O–H groups in total. The summed E-state index contributed by atoms with van der Waals surface area (Å²) in [5, 5.41) is 0. The topological polar surface area (TPSA) is 46.6 Å². The molecular weight excluding hydrogens is 326 g/mol. The quantitative estimate of drug-likeness (QED) is 0.485. The Morgan fingerprint density at radius 3 is 2.50 bits per heavy atom. The van der Waals surface area contributed by atoms with E-state index in [1.54, 1.807) is 7.11 Å². The number of Topliss-reactive ketones (excluding diaryl/α,β-unsaturated/α-hetero) is 1. The van der Waals surface area contributed by atoms with Crippen LogP contribution in [0.5, 0.6) is 5.75 Å². The van der Waals surface area contributed by atoms with Gasteiger partial charge in [0.25, 0.3) is 5.91 Å². The maximum Gasteiger partial charge on any atom is 0.290 e. The number of hydrogen-bond donors (Lipinski definition) is 0. The molecule has 0 spiro atoms. The second kappa shape index (κ2) is 9.20. The van der Waals surface area contributed by atoms with Crippen LogP contribution in [0, 0.1) is 5.41 Å². The molecule has 0 saturated carbocycles. The number of aryl methyl sites for hydroxylation is 1. The van der Waals surface area contributed by atoms with Gasteiger partial charge in [0.1, 0.15) is 5.75 Å². The average Bonchev–Trinajstić information content (AvgIpc) is 3.13. The van der Waals surface area contributed by atoms with Gasteiger partial charge in [-0.15, -0.1) is 0 Å². The Hall–Kier alpha value is -1.84. The molecule has 1 aromatic rings. The Morgan fingerprint density at radius 2 is 1.88 bits per heavy atom. The molecule has 1 saturated heterocycles. The monoisotopic (exact) mass is 359 g/mol. The lowest BCUT2D eigenvalue weighted by Crippen LogP contribution is -2.44. The fraction of sp³-hybridized carbons (Fsp3) is 0.636. The smallest absolute Gasteiger partial charge is 0.290 e. The normalized spacial score (nSPS) is 17.4. The number of nitrogens with zero attached hydrogens (tertiary/aromatic N) is 1. The Morgan fingerprint density at radius 1 is 1.19 bits per heavy atom. The second-order valence-electron chi connectivity index (χ2n) is 7.96. The summed E-state index contributed by atoms with van der Waals surface area (Å²) in [4.78, 5) is 27.0. The first-order valence-corrected chi connectivity index (χ1v) is 9.87. The molecule has 0 bridgehead atoms. The Labute approximate surface area is 157 Å². The minimum absolute atomic E-state index is 0.231. The van der Waals surface area contributed by atoms with Crippen LogP contribution >= 0.6 is 0 Å². The maximum absolute atomic E-state index is 12.6. The van der Waals surface area contributed by atoms with Gasteiger partial charge in [0.2, 0.25) is 5.78 Å². The number of ketones is 1. The molecule has 1 atom stereocenters. The number of unbranched alkanes of at least 4 members (excludes halogenated alkanes) is 1. The van der Waals surface area contributed by atoms with Crippen LogP contribution in [0.1, 0.15) is 64.9 Å². The Balaban J connectivity index is 1.81. The van der Waals surface area contributed by atoms with E-state index in [0.717, 1.165) is 50.8 Å². The predicted octanol–water partition coefficient (Wildman–Crippen LogP) is 4.40. The van der Waals surface area contributed by atoms with E-state index in [4.69, 9.17) is 4.74 Å². The van der Waals surface area contributed by atoms with Crippen LogP contribution in [-0.2, 0) is 16.0 Å². The van der Waals surface area contributed by atoms with Gasteiger partial charge >= 0.3 is 0 Å². The molecule has 1 fully saturated rings. The molecule has 1 aliphatic rings. The van der Waals surface area contributed by atoms with Crippen LogP contribution in [-0.4, -0.2) is 36.3 Å². The summed E-state index contributed by atoms with van der Waals surface area (Å²) in [5.74, 6) is 0.383. The van der Waals surface area contributed by atoms with Gasteiger partial charge in [-0.2, -0.15) is 0 Å². The molecule has 144 valence electrons. The van der Waals surface area contributed by atoms with E-state index in [-0.39, 0.29) is 17.7 Å². The minimum atomic E-state index is -0.557. The van der Waals surface area contributed by atoms with Gasteiger partial charge in [-0.3, -0.25) is 9.59 Å². The summed E-state index contributed by atoms with van der Waals surface area (Å²) >= 11 is 0. The second-order valence-corrected chi connectivity index (χ2v) is 7.96. The van der Waals surface area contributed by atoms with E-state index >= 15 is 0 Å². The average molecular weight is 360 g/mol. The lowest BCUT2D eigenvalue weighted by molar-refractivity contribution is -0.149. The van der Waals surface area contributed by atoms with Crippen molar-refractivity contribution in [1.82, 2.24) is 4.90 Å². The van der Waals surface area contributed by atoms with Gasteiger partial charge in [-0.25, -0.2) is 0 Å². The van der Waals surface area contributed by atoms with Crippen LogP contribution in [0.2, 0.25) is 0 Å². The van der Waals surface area contributed by atoms with Crippen LogP contribution in [0.15, 0.2) is 24.3 Å². The van der Waals surface area contributed by atoms with Gasteiger partial charge in [0, 0.05) is 18.0 Å². The molecule has 4 heteroatoms. The van der Waals surface area contributed by atoms with Crippen molar-refractivity contribution in [2.24, 2.45) is 5.41 Å². The number of ether oxygens (including phenoxy) is 1.